The Bertz CT molecular complexity index is 222. The van der Waals surface area contributed by atoms with E-state index in [2.05, 4.69) is 10.2 Å². The second kappa shape index (κ2) is 2.74. The van der Waals surface area contributed by atoms with Gasteiger partial charge in [0.2, 0.25) is 0 Å². The number of nitrogens with zero attached hydrogens (tertiary/aromatic N) is 2. The van der Waals surface area contributed by atoms with Crippen LogP contribution in [0.2, 0.25) is 0 Å². The quantitative estimate of drug-likeness (QED) is 0.689. The molecule has 54 valence electrons. The van der Waals surface area contributed by atoms with Crippen molar-refractivity contribution in [2.45, 2.75) is 12.8 Å². The summed E-state index contributed by atoms with van der Waals surface area (Å²) in [5, 5.41) is 16.2. The predicted molar refractivity (Wildman–Crippen MR) is 36.0 cm³/mol. The number of rotatable bonds is 2. The van der Waals surface area contributed by atoms with Gasteiger partial charge in [-0.25, -0.2) is 0 Å². The Balaban J connectivity index is 2.77. The van der Waals surface area contributed by atoms with Crippen molar-refractivity contribution >= 4 is 17.3 Å². The topological polar surface area (TPSA) is 63.1 Å². The second-order valence-corrected chi connectivity index (χ2v) is 2.70. The van der Waals surface area contributed by atoms with Gasteiger partial charge < -0.3 is 5.11 Å². The van der Waals surface area contributed by atoms with Crippen LogP contribution in [0.5, 0.6) is 0 Å². The van der Waals surface area contributed by atoms with E-state index in [-0.39, 0.29) is 0 Å². The van der Waals surface area contributed by atoms with Crippen molar-refractivity contribution in [1.29, 1.82) is 0 Å². The fraction of sp³-hybridized carbons (Fsp3) is 0.400. The van der Waals surface area contributed by atoms with Crippen LogP contribution in [-0.4, -0.2) is 21.3 Å². The number of carboxylic acid groups (broad SMARTS) is 1. The zero-order valence-electron chi connectivity index (χ0n) is 5.31. The minimum absolute atomic E-state index is 0.535. The number of carbonyl (C=O) groups is 1. The molecule has 0 bridgehead atoms. The number of hydrogen-bond acceptors (Lipinski definition) is 4. The first-order valence-corrected chi connectivity index (χ1v) is 3.58. The molecule has 0 spiro atoms. The number of aromatic nitrogens is 2. The third-order valence-corrected chi connectivity index (χ3v) is 1.99. The fourth-order valence-corrected chi connectivity index (χ4v) is 1.08. The van der Waals surface area contributed by atoms with Gasteiger partial charge in [-0.15, -0.1) is 21.5 Å². The van der Waals surface area contributed by atoms with E-state index in [0.717, 1.165) is 0 Å². The lowest BCUT2D eigenvalue weighted by molar-refractivity contribution is -0.138. The van der Waals surface area contributed by atoms with E-state index in [4.69, 9.17) is 5.11 Å². The van der Waals surface area contributed by atoms with Crippen molar-refractivity contribution in [2.24, 2.45) is 0 Å². The van der Waals surface area contributed by atoms with Crippen molar-refractivity contribution in [1.82, 2.24) is 10.2 Å². The summed E-state index contributed by atoms with van der Waals surface area (Å²) in [6, 6.07) is 0. The zero-order chi connectivity index (χ0) is 7.56. The van der Waals surface area contributed by atoms with Gasteiger partial charge in [-0.3, -0.25) is 4.79 Å². The van der Waals surface area contributed by atoms with Crippen LogP contribution < -0.4 is 0 Å². The second-order valence-electron chi connectivity index (χ2n) is 1.84. The minimum atomic E-state index is -0.864. The SMILES string of the molecule is CC(C(=O)O)c1nncs1. The highest BCUT2D eigenvalue weighted by Gasteiger charge is 2.15. The molecule has 0 aliphatic heterocycles. The van der Waals surface area contributed by atoms with E-state index < -0.39 is 11.9 Å². The molecule has 0 aliphatic carbocycles. The average molecular weight is 158 g/mol. The molecule has 4 nitrogen and oxygen atoms in total. The third-order valence-electron chi connectivity index (χ3n) is 1.12. The summed E-state index contributed by atoms with van der Waals surface area (Å²) < 4.78 is 0. The summed E-state index contributed by atoms with van der Waals surface area (Å²) >= 11 is 1.26. The summed E-state index contributed by atoms with van der Waals surface area (Å²) in [5.41, 5.74) is 1.52. The Hall–Kier alpha value is -0.970. The van der Waals surface area contributed by atoms with Gasteiger partial charge in [0.25, 0.3) is 0 Å². The average Bonchev–Trinajstić information content (AvgIpc) is 2.36. The van der Waals surface area contributed by atoms with Crippen LogP contribution in [0.25, 0.3) is 0 Å². The van der Waals surface area contributed by atoms with E-state index >= 15 is 0 Å². The van der Waals surface area contributed by atoms with E-state index in [1.54, 1.807) is 6.92 Å². The standard InChI is InChI=1S/C5H6N2O2S/c1-3(5(8)9)4-7-6-2-10-4/h2-3H,1H3,(H,8,9). The Morgan fingerprint density at radius 1 is 1.90 bits per heavy atom. The molecule has 1 aromatic rings. The van der Waals surface area contributed by atoms with Crippen molar-refractivity contribution in [3.05, 3.63) is 10.5 Å². The van der Waals surface area contributed by atoms with Crippen molar-refractivity contribution in [2.75, 3.05) is 0 Å². The molecular formula is C5H6N2O2S. The van der Waals surface area contributed by atoms with Crippen molar-refractivity contribution < 1.29 is 9.90 Å². The Labute approximate surface area is 61.5 Å². The maximum Gasteiger partial charge on any atom is 0.313 e. The third kappa shape index (κ3) is 1.30. The van der Waals surface area contributed by atoms with Crippen LogP contribution in [-0.2, 0) is 4.79 Å². The molecule has 0 fully saturated rings. The zero-order valence-corrected chi connectivity index (χ0v) is 6.13. The Kier molecular flexibility index (Phi) is 1.96. The molecule has 5 heteroatoms. The maximum absolute atomic E-state index is 10.3. The Morgan fingerprint density at radius 2 is 2.60 bits per heavy atom. The van der Waals surface area contributed by atoms with Crippen LogP contribution in [0, 0.1) is 0 Å². The lowest BCUT2D eigenvalue weighted by Crippen LogP contribution is -2.06. The van der Waals surface area contributed by atoms with Gasteiger partial charge >= 0.3 is 5.97 Å². The molecule has 0 aliphatic rings. The molecule has 0 saturated carbocycles. The highest BCUT2D eigenvalue weighted by molar-refractivity contribution is 7.09. The summed E-state index contributed by atoms with van der Waals surface area (Å²) in [6.45, 7) is 1.59. The predicted octanol–water partition coefficient (Wildman–Crippen LogP) is 0.726. The van der Waals surface area contributed by atoms with Gasteiger partial charge in [-0.1, -0.05) is 0 Å². The Morgan fingerprint density at radius 3 is 3.00 bits per heavy atom. The van der Waals surface area contributed by atoms with Crippen molar-refractivity contribution in [3.8, 4) is 0 Å². The van der Waals surface area contributed by atoms with E-state index in [1.807, 2.05) is 0 Å². The van der Waals surface area contributed by atoms with Crippen LogP contribution in [0.15, 0.2) is 5.51 Å². The van der Waals surface area contributed by atoms with Crippen LogP contribution >= 0.6 is 11.3 Å². The lowest BCUT2D eigenvalue weighted by Gasteiger charge is -1.96. The number of carboxylic acids is 1. The first-order chi connectivity index (χ1) is 4.72. The highest BCUT2D eigenvalue weighted by Crippen LogP contribution is 2.15. The van der Waals surface area contributed by atoms with Crippen LogP contribution in [0.4, 0.5) is 0 Å². The highest BCUT2D eigenvalue weighted by atomic mass is 32.1. The lowest BCUT2D eigenvalue weighted by atomic mass is 10.2. The molecule has 0 aromatic carbocycles. The van der Waals surface area contributed by atoms with Gasteiger partial charge in [0.1, 0.15) is 16.4 Å². The van der Waals surface area contributed by atoms with Gasteiger partial charge in [0, 0.05) is 0 Å². The number of hydrogen-bond donors (Lipinski definition) is 1. The van der Waals surface area contributed by atoms with Crippen LogP contribution in [0.3, 0.4) is 0 Å². The first kappa shape index (κ1) is 7.14. The molecule has 1 N–H and O–H groups in total. The summed E-state index contributed by atoms with van der Waals surface area (Å²) in [7, 11) is 0. The normalized spacial score (nSPS) is 12.9. The smallest absolute Gasteiger partial charge is 0.313 e. The molecule has 0 saturated heterocycles. The molecule has 1 atom stereocenters. The summed E-state index contributed by atoms with van der Waals surface area (Å²) in [4.78, 5) is 10.3. The van der Waals surface area contributed by atoms with E-state index in [9.17, 15) is 4.79 Å². The number of aliphatic carboxylic acids is 1. The molecule has 10 heavy (non-hydrogen) atoms. The first-order valence-electron chi connectivity index (χ1n) is 2.70. The van der Waals surface area contributed by atoms with E-state index in [0.29, 0.717) is 5.01 Å². The fourth-order valence-electron chi connectivity index (χ4n) is 0.476. The van der Waals surface area contributed by atoms with E-state index in [1.165, 1.54) is 16.8 Å². The van der Waals surface area contributed by atoms with Crippen molar-refractivity contribution in [3.63, 3.8) is 0 Å². The summed E-state index contributed by atoms with van der Waals surface area (Å²) in [6.07, 6.45) is 0. The van der Waals surface area contributed by atoms with Gasteiger partial charge in [-0.2, -0.15) is 0 Å². The minimum Gasteiger partial charge on any atom is -0.481 e. The molecule has 1 unspecified atom stereocenters. The molecule has 1 aromatic heterocycles. The maximum atomic E-state index is 10.3. The van der Waals surface area contributed by atoms with Gasteiger partial charge in [-0.05, 0) is 6.92 Å². The van der Waals surface area contributed by atoms with Gasteiger partial charge in [0.05, 0.1) is 0 Å². The molecular weight excluding hydrogens is 152 g/mol. The summed E-state index contributed by atoms with van der Waals surface area (Å²) in [5.74, 6) is -1.40. The molecule has 0 amide bonds. The molecule has 1 heterocycles. The van der Waals surface area contributed by atoms with Crippen LogP contribution in [0.1, 0.15) is 17.8 Å². The largest absolute Gasteiger partial charge is 0.481 e. The molecule has 0 radical (unpaired) electrons. The monoisotopic (exact) mass is 158 g/mol. The molecule has 1 rings (SSSR count). The van der Waals surface area contributed by atoms with Gasteiger partial charge in [0.15, 0.2) is 0 Å².